The van der Waals surface area contributed by atoms with Crippen molar-refractivity contribution in [1.82, 2.24) is 9.62 Å². The average Bonchev–Trinajstić information content (AvgIpc) is 3.38. The van der Waals surface area contributed by atoms with Crippen LogP contribution in [0.2, 0.25) is 0 Å². The van der Waals surface area contributed by atoms with Crippen molar-refractivity contribution in [2.24, 2.45) is 5.16 Å². The lowest BCUT2D eigenvalue weighted by molar-refractivity contribution is -0.115. The van der Waals surface area contributed by atoms with Crippen molar-refractivity contribution in [2.45, 2.75) is 35.6 Å². The maximum absolute atomic E-state index is 13.2. The molecule has 2 aliphatic rings. The molecule has 0 unspecified atom stereocenters. The Morgan fingerprint density at radius 2 is 2.07 bits per heavy atom. The predicted octanol–water partition coefficient (Wildman–Crippen LogP) is 2.50. The van der Waals surface area contributed by atoms with Crippen LogP contribution in [0.1, 0.15) is 24.8 Å². The Morgan fingerprint density at radius 1 is 1.28 bits per heavy atom. The van der Waals surface area contributed by atoms with Crippen LogP contribution < -0.4 is 5.32 Å². The molecule has 2 aromatic rings. The third-order valence-corrected chi connectivity index (χ3v) is 8.44. The van der Waals surface area contributed by atoms with E-state index >= 15 is 0 Å². The molecule has 1 N–H and O–H groups in total. The molecule has 0 bridgehead atoms. The lowest BCUT2D eigenvalue weighted by Crippen LogP contribution is -2.47. The van der Waals surface area contributed by atoms with Crippen LogP contribution in [0.15, 0.2) is 51.1 Å². The van der Waals surface area contributed by atoms with Gasteiger partial charge >= 0.3 is 0 Å². The van der Waals surface area contributed by atoms with Gasteiger partial charge in [0.05, 0.1) is 0 Å². The van der Waals surface area contributed by atoms with E-state index in [0.717, 1.165) is 0 Å². The first kappa shape index (κ1) is 20.0. The van der Waals surface area contributed by atoms with Gasteiger partial charge in [-0.3, -0.25) is 4.79 Å². The van der Waals surface area contributed by atoms with E-state index in [-0.39, 0.29) is 24.0 Å². The Labute approximate surface area is 172 Å². The number of nitrogens with zero attached hydrogens (tertiary/aromatic N) is 2. The third-order valence-electron chi connectivity index (χ3n) is 5.17. The summed E-state index contributed by atoms with van der Waals surface area (Å²) in [4.78, 5) is 18.0. The van der Waals surface area contributed by atoms with E-state index in [4.69, 9.17) is 4.84 Å². The molecule has 0 aliphatic carbocycles. The zero-order chi connectivity index (χ0) is 20.5. The van der Waals surface area contributed by atoms with Gasteiger partial charge in [-0.25, -0.2) is 12.8 Å². The van der Waals surface area contributed by atoms with Crippen LogP contribution in [0.5, 0.6) is 0 Å². The fourth-order valence-electron chi connectivity index (χ4n) is 3.51. The Bertz CT molecular complexity index is 1030. The number of halogens is 1. The van der Waals surface area contributed by atoms with Gasteiger partial charge < -0.3 is 10.2 Å². The Morgan fingerprint density at radius 3 is 2.76 bits per heavy atom. The first-order chi connectivity index (χ1) is 13.9. The summed E-state index contributed by atoms with van der Waals surface area (Å²) in [5, 5.41) is 8.40. The summed E-state index contributed by atoms with van der Waals surface area (Å²) in [5.41, 5.74) is 0.281. The quantitative estimate of drug-likeness (QED) is 0.779. The van der Waals surface area contributed by atoms with E-state index in [1.54, 1.807) is 29.6 Å². The van der Waals surface area contributed by atoms with Gasteiger partial charge in [0.25, 0.3) is 15.9 Å². The number of carbonyl (C=O) groups is 1. The zero-order valence-electron chi connectivity index (χ0n) is 15.5. The lowest BCUT2D eigenvalue weighted by Gasteiger charge is -2.36. The normalized spacial score (nSPS) is 19.0. The summed E-state index contributed by atoms with van der Waals surface area (Å²) < 4.78 is 40.3. The van der Waals surface area contributed by atoms with Gasteiger partial charge in [-0.1, -0.05) is 23.4 Å². The largest absolute Gasteiger partial charge is 0.388 e. The Kier molecular flexibility index (Phi) is 5.41. The maximum Gasteiger partial charge on any atom is 0.269 e. The standard InChI is InChI=1S/C19H20FN3O4S2/c20-15-4-1-3-14(11-15)13-21-18(24)16-12-19(27-22-16)6-8-23(9-7-19)29(25,26)17-5-2-10-28-17/h1-5,10-11H,6-9,12-13H2,(H,21,24). The molecular formula is C19H20FN3O4S2. The number of piperidine rings is 1. The van der Waals surface area contributed by atoms with E-state index in [2.05, 4.69) is 10.5 Å². The minimum absolute atomic E-state index is 0.190. The van der Waals surface area contributed by atoms with Crippen LogP contribution in [0.25, 0.3) is 0 Å². The summed E-state index contributed by atoms with van der Waals surface area (Å²) in [6.07, 6.45) is 1.25. The number of amides is 1. The maximum atomic E-state index is 13.2. The van der Waals surface area contributed by atoms with Crippen LogP contribution in [-0.4, -0.2) is 43.0 Å². The summed E-state index contributed by atoms with van der Waals surface area (Å²) in [5.74, 6) is -0.721. The summed E-state index contributed by atoms with van der Waals surface area (Å²) in [6.45, 7) is 0.817. The van der Waals surface area contributed by atoms with E-state index in [1.165, 1.54) is 27.8 Å². The van der Waals surface area contributed by atoms with E-state index in [0.29, 0.717) is 42.1 Å². The molecule has 10 heteroatoms. The molecule has 1 saturated heterocycles. The molecule has 4 rings (SSSR count). The number of nitrogens with one attached hydrogen (secondary N) is 1. The molecule has 2 aliphatic heterocycles. The number of hydrogen-bond acceptors (Lipinski definition) is 6. The highest BCUT2D eigenvalue weighted by Gasteiger charge is 2.45. The summed E-state index contributed by atoms with van der Waals surface area (Å²) in [7, 11) is -3.49. The van der Waals surface area contributed by atoms with Gasteiger partial charge in [0.15, 0.2) is 0 Å². The third kappa shape index (κ3) is 4.19. The van der Waals surface area contributed by atoms with Crippen molar-refractivity contribution in [1.29, 1.82) is 0 Å². The van der Waals surface area contributed by atoms with Crippen molar-refractivity contribution in [3.63, 3.8) is 0 Å². The smallest absolute Gasteiger partial charge is 0.269 e. The molecule has 154 valence electrons. The van der Waals surface area contributed by atoms with E-state index in [9.17, 15) is 17.6 Å². The van der Waals surface area contributed by atoms with Crippen LogP contribution in [-0.2, 0) is 26.2 Å². The zero-order valence-corrected chi connectivity index (χ0v) is 17.1. The van der Waals surface area contributed by atoms with Crippen molar-refractivity contribution >= 4 is 33.0 Å². The molecule has 7 nitrogen and oxygen atoms in total. The fraction of sp³-hybridized carbons (Fsp3) is 0.368. The number of thiophene rings is 1. The molecule has 3 heterocycles. The van der Waals surface area contributed by atoms with Gasteiger partial charge in [0.1, 0.15) is 21.3 Å². The first-order valence-electron chi connectivity index (χ1n) is 9.19. The molecule has 1 aromatic heterocycles. The van der Waals surface area contributed by atoms with Crippen molar-refractivity contribution in [2.75, 3.05) is 13.1 Å². The van der Waals surface area contributed by atoms with E-state index < -0.39 is 15.6 Å². The molecule has 1 aromatic carbocycles. The second kappa shape index (κ2) is 7.85. The monoisotopic (exact) mass is 437 g/mol. The molecule has 29 heavy (non-hydrogen) atoms. The van der Waals surface area contributed by atoms with Crippen molar-refractivity contribution in [3.8, 4) is 0 Å². The minimum atomic E-state index is -3.49. The Hall–Kier alpha value is -2.30. The molecule has 1 spiro atoms. The highest BCUT2D eigenvalue weighted by Crippen LogP contribution is 2.36. The van der Waals surface area contributed by atoms with E-state index in [1.807, 2.05) is 0 Å². The molecule has 1 fully saturated rings. The summed E-state index contributed by atoms with van der Waals surface area (Å²) in [6, 6.07) is 9.32. The van der Waals surface area contributed by atoms with Crippen molar-refractivity contribution in [3.05, 3.63) is 53.2 Å². The predicted molar refractivity (Wildman–Crippen MR) is 106 cm³/mol. The average molecular weight is 438 g/mol. The second-order valence-electron chi connectivity index (χ2n) is 7.14. The highest BCUT2D eigenvalue weighted by molar-refractivity contribution is 7.91. The number of oxime groups is 1. The van der Waals surface area contributed by atoms with Gasteiger partial charge in [-0.2, -0.15) is 4.31 Å². The summed E-state index contributed by atoms with van der Waals surface area (Å²) >= 11 is 1.20. The number of benzene rings is 1. The van der Waals surface area contributed by atoms with Gasteiger partial charge in [-0.05, 0) is 29.1 Å². The van der Waals surface area contributed by atoms with Crippen molar-refractivity contribution < 1.29 is 22.4 Å². The highest BCUT2D eigenvalue weighted by atomic mass is 32.2. The topological polar surface area (TPSA) is 88.1 Å². The molecule has 0 saturated carbocycles. The number of sulfonamides is 1. The van der Waals surface area contributed by atoms with Crippen LogP contribution in [0.3, 0.4) is 0 Å². The molecular weight excluding hydrogens is 417 g/mol. The van der Waals surface area contributed by atoms with Crippen LogP contribution in [0.4, 0.5) is 4.39 Å². The second-order valence-corrected chi connectivity index (χ2v) is 10.3. The lowest BCUT2D eigenvalue weighted by atomic mass is 9.87. The molecule has 0 atom stereocenters. The van der Waals surface area contributed by atoms with Gasteiger partial charge in [-0.15, -0.1) is 11.3 Å². The molecule has 0 radical (unpaired) electrons. The Balaban J connectivity index is 1.32. The van der Waals surface area contributed by atoms with Gasteiger partial charge in [0, 0.05) is 38.9 Å². The SMILES string of the molecule is O=C(NCc1cccc(F)c1)C1=NOC2(CCN(S(=O)(=O)c3cccs3)CC2)C1. The van der Waals surface area contributed by atoms with Crippen LogP contribution >= 0.6 is 11.3 Å². The minimum Gasteiger partial charge on any atom is -0.388 e. The number of carbonyl (C=O) groups excluding carboxylic acids is 1. The number of hydrogen-bond donors (Lipinski definition) is 1. The van der Waals surface area contributed by atoms with Crippen LogP contribution in [0, 0.1) is 5.82 Å². The molecule has 1 amide bonds. The number of rotatable bonds is 5. The van der Waals surface area contributed by atoms with Gasteiger partial charge in [0.2, 0.25) is 0 Å². The fourth-order valence-corrected chi connectivity index (χ4v) is 6.10. The first-order valence-corrected chi connectivity index (χ1v) is 11.5.